The third-order valence-corrected chi connectivity index (χ3v) is 3.81. The lowest BCUT2D eigenvalue weighted by atomic mass is 9.98. The number of aliphatic imine (C=N–C) groups is 1. The summed E-state index contributed by atoms with van der Waals surface area (Å²) in [6.45, 7) is 8.85. The van der Waals surface area contributed by atoms with E-state index in [1.54, 1.807) is 34.6 Å². The fourth-order valence-electron chi connectivity index (χ4n) is 2.80. The molecule has 1 amide bonds. The Hall–Kier alpha value is -2.96. The molecule has 0 saturated carbocycles. The largest absolute Gasteiger partial charge is 0.466 e. The average Bonchev–Trinajstić information content (AvgIpc) is 2.51. The van der Waals surface area contributed by atoms with Crippen LogP contribution >= 0.6 is 0 Å². The molecule has 7 heteroatoms. The highest BCUT2D eigenvalue weighted by Gasteiger charge is 2.32. The van der Waals surface area contributed by atoms with Gasteiger partial charge in [0.05, 0.1) is 11.3 Å². The first-order valence-corrected chi connectivity index (χ1v) is 8.82. The van der Waals surface area contributed by atoms with E-state index in [2.05, 4.69) is 10.3 Å². The molecule has 0 fully saturated rings. The van der Waals surface area contributed by atoms with Crippen molar-refractivity contribution in [2.24, 2.45) is 4.99 Å². The smallest absolute Gasteiger partial charge is 0.413 e. The quantitative estimate of drug-likeness (QED) is 0.803. The van der Waals surface area contributed by atoms with E-state index in [-0.39, 0.29) is 17.1 Å². The van der Waals surface area contributed by atoms with Gasteiger partial charge in [0.15, 0.2) is 5.72 Å². The number of hydrogen-bond donors (Lipinski definition) is 1. The number of nitrogens with one attached hydrogen (secondary N) is 1. The van der Waals surface area contributed by atoms with Gasteiger partial charge in [-0.1, -0.05) is 0 Å². The van der Waals surface area contributed by atoms with Gasteiger partial charge in [-0.3, -0.25) is 0 Å². The Morgan fingerprint density at radius 2 is 1.79 bits per heavy atom. The molecule has 1 aliphatic heterocycles. The number of hydrogen-bond acceptors (Lipinski definition) is 4. The van der Waals surface area contributed by atoms with Gasteiger partial charge in [-0.05, 0) is 58.9 Å². The number of halogens is 2. The van der Waals surface area contributed by atoms with E-state index in [1.807, 2.05) is 0 Å². The van der Waals surface area contributed by atoms with Crippen molar-refractivity contribution >= 4 is 11.8 Å². The standard InChI is InChI=1S/C21H22F2N2O3/c1-20(2,3)25-19(26)27-14-10-15(23)17-16(11-14)28-21(4,5)24-18(17)12-6-8-13(22)9-7-12/h6-11H,1-5H3,(H,25,26). The molecule has 3 rings (SSSR count). The first-order chi connectivity index (χ1) is 12.9. The zero-order valence-corrected chi connectivity index (χ0v) is 16.4. The Morgan fingerprint density at radius 3 is 2.39 bits per heavy atom. The number of rotatable bonds is 2. The van der Waals surface area contributed by atoms with Crippen LogP contribution in [0.15, 0.2) is 41.4 Å². The van der Waals surface area contributed by atoms with Crippen LogP contribution in [-0.2, 0) is 0 Å². The Kier molecular flexibility index (Phi) is 4.87. The van der Waals surface area contributed by atoms with Crippen LogP contribution in [0.4, 0.5) is 13.6 Å². The van der Waals surface area contributed by atoms with Gasteiger partial charge in [-0.25, -0.2) is 18.6 Å². The molecule has 0 unspecified atom stereocenters. The molecule has 0 bridgehead atoms. The highest BCUT2D eigenvalue weighted by molar-refractivity contribution is 6.15. The average molecular weight is 388 g/mol. The lowest BCUT2D eigenvalue weighted by Gasteiger charge is -2.30. The molecule has 1 aliphatic rings. The van der Waals surface area contributed by atoms with Gasteiger partial charge in [0.1, 0.15) is 23.1 Å². The molecular formula is C21H22F2N2O3. The van der Waals surface area contributed by atoms with Crippen LogP contribution in [-0.4, -0.2) is 23.1 Å². The van der Waals surface area contributed by atoms with Crippen molar-refractivity contribution in [3.63, 3.8) is 0 Å². The highest BCUT2D eigenvalue weighted by atomic mass is 19.1. The second-order valence-electron chi connectivity index (χ2n) is 8.06. The number of nitrogens with zero attached hydrogens (tertiary/aromatic N) is 1. The minimum atomic E-state index is -0.977. The van der Waals surface area contributed by atoms with E-state index in [0.29, 0.717) is 11.3 Å². The number of carbonyl (C=O) groups is 1. The summed E-state index contributed by atoms with van der Waals surface area (Å²) < 4.78 is 39.2. The summed E-state index contributed by atoms with van der Waals surface area (Å²) in [5.41, 5.74) is -0.443. The zero-order chi connectivity index (χ0) is 20.7. The van der Waals surface area contributed by atoms with Crippen LogP contribution in [0.1, 0.15) is 45.7 Å². The van der Waals surface area contributed by atoms with Crippen molar-refractivity contribution in [2.75, 3.05) is 0 Å². The third kappa shape index (κ3) is 4.47. The number of carbonyl (C=O) groups excluding carboxylic acids is 1. The monoisotopic (exact) mass is 388 g/mol. The minimum Gasteiger partial charge on any atom is -0.466 e. The topological polar surface area (TPSA) is 59.9 Å². The SMILES string of the molecule is CC(C)(C)NC(=O)Oc1cc(F)c2c(c1)OC(C)(C)N=C2c1ccc(F)cc1. The molecule has 28 heavy (non-hydrogen) atoms. The first kappa shape index (κ1) is 19.8. The number of benzene rings is 2. The fraction of sp³-hybridized carbons (Fsp3) is 0.333. The molecule has 0 aromatic heterocycles. The Labute approximate surface area is 162 Å². The zero-order valence-electron chi connectivity index (χ0n) is 16.4. The maximum Gasteiger partial charge on any atom is 0.413 e. The van der Waals surface area contributed by atoms with Crippen molar-refractivity contribution in [3.8, 4) is 11.5 Å². The summed E-state index contributed by atoms with van der Waals surface area (Å²) in [5.74, 6) is -0.855. The van der Waals surface area contributed by atoms with Gasteiger partial charge < -0.3 is 14.8 Å². The first-order valence-electron chi connectivity index (χ1n) is 8.82. The van der Waals surface area contributed by atoms with Gasteiger partial charge in [-0.15, -0.1) is 0 Å². The predicted molar refractivity (Wildman–Crippen MR) is 102 cm³/mol. The third-order valence-electron chi connectivity index (χ3n) is 3.81. The van der Waals surface area contributed by atoms with Crippen molar-refractivity contribution in [2.45, 2.75) is 45.9 Å². The van der Waals surface area contributed by atoms with E-state index in [0.717, 1.165) is 6.07 Å². The van der Waals surface area contributed by atoms with Crippen LogP contribution in [0.25, 0.3) is 0 Å². The molecule has 0 atom stereocenters. The van der Waals surface area contributed by atoms with Crippen LogP contribution in [0, 0.1) is 11.6 Å². The molecule has 0 radical (unpaired) electrons. The summed E-state index contributed by atoms with van der Waals surface area (Å²) in [5, 5.41) is 2.64. The molecule has 1 heterocycles. The van der Waals surface area contributed by atoms with Crippen LogP contribution < -0.4 is 14.8 Å². The van der Waals surface area contributed by atoms with Gasteiger partial charge in [-0.2, -0.15) is 0 Å². The molecular weight excluding hydrogens is 366 g/mol. The van der Waals surface area contributed by atoms with Crippen LogP contribution in [0.2, 0.25) is 0 Å². The Balaban J connectivity index is 2.01. The summed E-state index contributed by atoms with van der Waals surface area (Å²) in [6, 6.07) is 8.17. The minimum absolute atomic E-state index is 0.00848. The van der Waals surface area contributed by atoms with E-state index in [4.69, 9.17) is 9.47 Å². The van der Waals surface area contributed by atoms with Crippen molar-refractivity contribution in [1.82, 2.24) is 5.32 Å². The van der Waals surface area contributed by atoms with Crippen molar-refractivity contribution in [3.05, 3.63) is 59.2 Å². The van der Waals surface area contributed by atoms with Crippen molar-refractivity contribution in [1.29, 1.82) is 0 Å². The Bertz CT molecular complexity index is 945. The molecule has 0 saturated heterocycles. The van der Waals surface area contributed by atoms with E-state index < -0.39 is 29.0 Å². The lowest BCUT2D eigenvalue weighted by Crippen LogP contribution is -2.42. The summed E-state index contributed by atoms with van der Waals surface area (Å²) in [6.07, 6.45) is -0.700. The van der Waals surface area contributed by atoms with E-state index in [9.17, 15) is 13.6 Å². The fourth-order valence-corrected chi connectivity index (χ4v) is 2.80. The van der Waals surface area contributed by atoms with E-state index in [1.165, 1.54) is 30.3 Å². The Morgan fingerprint density at radius 1 is 1.14 bits per heavy atom. The van der Waals surface area contributed by atoms with E-state index >= 15 is 0 Å². The molecule has 0 aliphatic carbocycles. The number of fused-ring (bicyclic) bond motifs is 1. The summed E-state index contributed by atoms with van der Waals surface area (Å²) >= 11 is 0. The molecule has 2 aromatic carbocycles. The van der Waals surface area contributed by atoms with Gasteiger partial charge in [0.25, 0.3) is 0 Å². The molecule has 148 valence electrons. The molecule has 1 N–H and O–H groups in total. The van der Waals surface area contributed by atoms with Gasteiger partial charge >= 0.3 is 6.09 Å². The maximum absolute atomic E-state index is 14.9. The lowest BCUT2D eigenvalue weighted by molar-refractivity contribution is 0.114. The second-order valence-corrected chi connectivity index (χ2v) is 8.06. The maximum atomic E-state index is 14.9. The van der Waals surface area contributed by atoms with Gasteiger partial charge in [0.2, 0.25) is 0 Å². The number of amides is 1. The second kappa shape index (κ2) is 6.89. The predicted octanol–water partition coefficient (Wildman–Crippen LogP) is 4.82. The number of ether oxygens (including phenoxy) is 2. The van der Waals surface area contributed by atoms with Crippen LogP contribution in [0.3, 0.4) is 0 Å². The van der Waals surface area contributed by atoms with Gasteiger partial charge in [0, 0.05) is 23.2 Å². The normalized spacial score (nSPS) is 15.2. The summed E-state index contributed by atoms with van der Waals surface area (Å²) in [4.78, 5) is 16.5. The van der Waals surface area contributed by atoms with Crippen LogP contribution in [0.5, 0.6) is 11.5 Å². The molecule has 5 nitrogen and oxygen atoms in total. The molecule has 0 spiro atoms. The highest BCUT2D eigenvalue weighted by Crippen LogP contribution is 2.37. The summed E-state index contributed by atoms with van der Waals surface area (Å²) in [7, 11) is 0. The molecule has 2 aromatic rings. The van der Waals surface area contributed by atoms with Crippen molar-refractivity contribution < 1.29 is 23.0 Å².